The van der Waals surface area contributed by atoms with E-state index in [1.54, 1.807) is 12.1 Å². The molecule has 0 aromatic heterocycles. The second-order valence-electron chi connectivity index (χ2n) is 5.51. The number of amides is 1. The lowest BCUT2D eigenvalue weighted by molar-refractivity contribution is -0.120. The van der Waals surface area contributed by atoms with Crippen molar-refractivity contribution in [1.82, 2.24) is 10.0 Å². The average Bonchev–Trinajstić information content (AvgIpc) is 2.74. The highest BCUT2D eigenvalue weighted by molar-refractivity contribution is 7.89. The predicted molar refractivity (Wildman–Crippen MR) is 86.3 cm³/mol. The van der Waals surface area contributed by atoms with Gasteiger partial charge in [0.15, 0.2) is 0 Å². The number of hydrogen-bond acceptors (Lipinski definition) is 3. The van der Waals surface area contributed by atoms with Gasteiger partial charge in [-0.05, 0) is 25.0 Å². The maximum atomic E-state index is 12.1. The number of rotatable bonds is 5. The molecule has 1 saturated carbocycles. The van der Waals surface area contributed by atoms with Gasteiger partial charge in [0.25, 0.3) is 0 Å². The van der Waals surface area contributed by atoms with Crippen LogP contribution in [0.1, 0.15) is 38.5 Å². The smallest absolute Gasteiger partial charge is 0.242 e. The summed E-state index contributed by atoms with van der Waals surface area (Å²) in [5, 5.41) is 3.04. The van der Waals surface area contributed by atoms with E-state index in [-0.39, 0.29) is 28.4 Å². The number of carbonyl (C=O) groups is 1. The standard InChI is InChI=1S/C15H21ClN2O3S/c16-13-9-5-6-10-14(13)22(20,21)17-11-15(19)18-12-7-3-1-2-4-8-12/h5-6,9-10,12,17H,1-4,7-8,11H2,(H,18,19). The van der Waals surface area contributed by atoms with E-state index in [1.807, 2.05) is 0 Å². The van der Waals surface area contributed by atoms with E-state index in [0.29, 0.717) is 0 Å². The zero-order valence-electron chi connectivity index (χ0n) is 12.3. The SMILES string of the molecule is O=C(CNS(=O)(=O)c1ccccc1Cl)NC1CCCCCC1. The third-order valence-corrected chi connectivity index (χ3v) is 5.67. The number of hydrogen-bond donors (Lipinski definition) is 2. The molecular weight excluding hydrogens is 324 g/mol. The lowest BCUT2D eigenvalue weighted by atomic mass is 10.1. The average molecular weight is 345 g/mol. The number of carbonyl (C=O) groups excluding carboxylic acids is 1. The first-order valence-corrected chi connectivity index (χ1v) is 9.39. The predicted octanol–water partition coefficient (Wildman–Crippen LogP) is 2.46. The molecule has 1 aromatic carbocycles. The molecule has 1 aliphatic carbocycles. The molecule has 0 spiro atoms. The molecule has 2 N–H and O–H groups in total. The molecule has 122 valence electrons. The Hall–Kier alpha value is -1.11. The summed E-state index contributed by atoms with van der Waals surface area (Å²) in [5.74, 6) is -0.303. The first-order chi connectivity index (χ1) is 10.5. The summed E-state index contributed by atoms with van der Waals surface area (Å²) in [5.41, 5.74) is 0. The van der Waals surface area contributed by atoms with Crippen molar-refractivity contribution < 1.29 is 13.2 Å². The maximum Gasteiger partial charge on any atom is 0.242 e. The Morgan fingerprint density at radius 1 is 1.14 bits per heavy atom. The minimum atomic E-state index is -3.78. The van der Waals surface area contributed by atoms with E-state index in [0.717, 1.165) is 25.7 Å². The third-order valence-electron chi connectivity index (χ3n) is 3.77. The fourth-order valence-electron chi connectivity index (χ4n) is 2.60. The van der Waals surface area contributed by atoms with Crippen LogP contribution in [0.4, 0.5) is 0 Å². The van der Waals surface area contributed by atoms with Crippen molar-refractivity contribution >= 4 is 27.5 Å². The van der Waals surface area contributed by atoms with Gasteiger partial charge in [0.2, 0.25) is 15.9 Å². The van der Waals surface area contributed by atoms with Gasteiger partial charge >= 0.3 is 0 Å². The van der Waals surface area contributed by atoms with Gasteiger partial charge in [0.1, 0.15) is 4.90 Å². The van der Waals surface area contributed by atoms with E-state index in [9.17, 15) is 13.2 Å². The van der Waals surface area contributed by atoms with Crippen LogP contribution in [-0.2, 0) is 14.8 Å². The molecule has 0 saturated heterocycles. The van der Waals surface area contributed by atoms with Crippen molar-refractivity contribution in [3.8, 4) is 0 Å². The van der Waals surface area contributed by atoms with Crippen LogP contribution >= 0.6 is 11.6 Å². The van der Waals surface area contributed by atoms with Crippen LogP contribution in [-0.4, -0.2) is 26.9 Å². The maximum absolute atomic E-state index is 12.1. The van der Waals surface area contributed by atoms with Gasteiger partial charge in [-0.25, -0.2) is 13.1 Å². The van der Waals surface area contributed by atoms with Gasteiger partial charge in [-0.3, -0.25) is 4.79 Å². The Labute approximate surface area is 136 Å². The summed E-state index contributed by atoms with van der Waals surface area (Å²) in [6.07, 6.45) is 6.54. The minimum Gasteiger partial charge on any atom is -0.352 e. The van der Waals surface area contributed by atoms with Crippen LogP contribution in [0, 0.1) is 0 Å². The summed E-state index contributed by atoms with van der Waals surface area (Å²) in [4.78, 5) is 11.9. The molecule has 0 bridgehead atoms. The van der Waals surface area contributed by atoms with Crippen molar-refractivity contribution in [2.45, 2.75) is 49.5 Å². The van der Waals surface area contributed by atoms with Gasteiger partial charge in [-0.2, -0.15) is 0 Å². The Balaban J connectivity index is 1.88. The molecule has 5 nitrogen and oxygen atoms in total. The highest BCUT2D eigenvalue weighted by atomic mass is 35.5. The first kappa shape index (κ1) is 17.2. The Morgan fingerprint density at radius 3 is 2.41 bits per heavy atom. The largest absolute Gasteiger partial charge is 0.352 e. The summed E-state index contributed by atoms with van der Waals surface area (Å²) in [7, 11) is -3.78. The quantitative estimate of drug-likeness (QED) is 0.806. The molecule has 2 rings (SSSR count). The molecule has 1 amide bonds. The van der Waals surface area contributed by atoms with Crippen LogP contribution < -0.4 is 10.0 Å². The molecule has 1 aliphatic rings. The van der Waals surface area contributed by atoms with Crippen LogP contribution in [0.25, 0.3) is 0 Å². The number of sulfonamides is 1. The molecule has 0 heterocycles. The van der Waals surface area contributed by atoms with Crippen LogP contribution in [0.5, 0.6) is 0 Å². The molecule has 1 fully saturated rings. The number of halogens is 1. The lowest BCUT2D eigenvalue weighted by Crippen LogP contribution is -2.41. The molecular formula is C15H21ClN2O3S. The normalized spacial score (nSPS) is 17.0. The molecule has 1 aromatic rings. The van der Waals surface area contributed by atoms with Crippen molar-refractivity contribution in [1.29, 1.82) is 0 Å². The molecule has 0 radical (unpaired) electrons. The van der Waals surface area contributed by atoms with Gasteiger partial charge in [0.05, 0.1) is 11.6 Å². The molecule has 0 aliphatic heterocycles. The van der Waals surface area contributed by atoms with Gasteiger partial charge < -0.3 is 5.32 Å². The van der Waals surface area contributed by atoms with Crippen LogP contribution in [0.15, 0.2) is 29.2 Å². The Kier molecular flexibility index (Phi) is 6.23. The fraction of sp³-hybridized carbons (Fsp3) is 0.533. The summed E-state index contributed by atoms with van der Waals surface area (Å²) < 4.78 is 26.6. The highest BCUT2D eigenvalue weighted by Gasteiger charge is 2.20. The van der Waals surface area contributed by atoms with Gasteiger partial charge in [0, 0.05) is 6.04 Å². The Morgan fingerprint density at radius 2 is 1.77 bits per heavy atom. The Bertz CT molecular complexity index is 611. The lowest BCUT2D eigenvalue weighted by Gasteiger charge is -2.16. The first-order valence-electron chi connectivity index (χ1n) is 7.52. The van der Waals surface area contributed by atoms with E-state index >= 15 is 0 Å². The molecule has 7 heteroatoms. The van der Waals surface area contributed by atoms with Crippen molar-refractivity contribution in [2.24, 2.45) is 0 Å². The van der Waals surface area contributed by atoms with Crippen molar-refractivity contribution in [3.63, 3.8) is 0 Å². The number of benzene rings is 1. The number of nitrogens with one attached hydrogen (secondary N) is 2. The molecule has 0 atom stereocenters. The minimum absolute atomic E-state index is 0.0149. The fourth-order valence-corrected chi connectivity index (χ4v) is 4.10. The summed E-state index contributed by atoms with van der Waals surface area (Å²) in [6.45, 7) is -0.274. The van der Waals surface area contributed by atoms with Crippen LogP contribution in [0.3, 0.4) is 0 Å². The highest BCUT2D eigenvalue weighted by Crippen LogP contribution is 2.20. The zero-order chi connectivity index (χ0) is 16.0. The second kappa shape index (κ2) is 7.94. The summed E-state index contributed by atoms with van der Waals surface area (Å²) >= 11 is 5.88. The van der Waals surface area contributed by atoms with Gasteiger partial charge in [-0.1, -0.05) is 49.4 Å². The van der Waals surface area contributed by atoms with Crippen molar-refractivity contribution in [2.75, 3.05) is 6.54 Å². The monoisotopic (exact) mass is 344 g/mol. The molecule has 22 heavy (non-hydrogen) atoms. The van der Waals surface area contributed by atoms with E-state index in [1.165, 1.54) is 25.0 Å². The van der Waals surface area contributed by atoms with E-state index in [2.05, 4.69) is 10.0 Å². The van der Waals surface area contributed by atoms with Crippen molar-refractivity contribution in [3.05, 3.63) is 29.3 Å². The van der Waals surface area contributed by atoms with E-state index in [4.69, 9.17) is 11.6 Å². The second-order valence-corrected chi connectivity index (χ2v) is 7.65. The third kappa shape index (κ3) is 4.97. The van der Waals surface area contributed by atoms with E-state index < -0.39 is 10.0 Å². The molecule has 0 unspecified atom stereocenters. The summed E-state index contributed by atoms with van der Waals surface area (Å²) in [6, 6.07) is 6.31. The van der Waals surface area contributed by atoms with Gasteiger partial charge in [-0.15, -0.1) is 0 Å². The van der Waals surface area contributed by atoms with Crippen LogP contribution in [0.2, 0.25) is 5.02 Å². The zero-order valence-corrected chi connectivity index (χ0v) is 13.9. The topological polar surface area (TPSA) is 75.3 Å².